The Kier molecular flexibility index (Phi) is 5.38. The van der Waals surface area contributed by atoms with Crippen LogP contribution >= 0.6 is 12.2 Å². The second-order valence-corrected chi connectivity index (χ2v) is 7.31. The number of carbonyl (C=O) groups excluding carboxylic acids is 1. The van der Waals surface area contributed by atoms with E-state index in [-0.39, 0.29) is 11.6 Å². The number of carbonyl (C=O) groups is 1. The van der Waals surface area contributed by atoms with E-state index in [2.05, 4.69) is 11.1 Å². The van der Waals surface area contributed by atoms with Crippen LogP contribution in [0.1, 0.15) is 21.8 Å². The van der Waals surface area contributed by atoms with Gasteiger partial charge < -0.3 is 5.73 Å². The highest BCUT2D eigenvalue weighted by Crippen LogP contribution is 2.42. The van der Waals surface area contributed by atoms with Crippen LogP contribution in [0, 0.1) is 17.2 Å². The van der Waals surface area contributed by atoms with Crippen molar-refractivity contribution < 1.29 is 4.79 Å². The van der Waals surface area contributed by atoms with Gasteiger partial charge in [-0.25, -0.2) is 0 Å². The molecule has 0 fully saturated rings. The van der Waals surface area contributed by atoms with Crippen LogP contribution in [0.4, 0.5) is 5.69 Å². The summed E-state index contributed by atoms with van der Waals surface area (Å²) < 4.78 is 0. The number of pyridine rings is 1. The lowest BCUT2D eigenvalue weighted by Crippen LogP contribution is -2.48. The van der Waals surface area contributed by atoms with Crippen LogP contribution in [0.25, 0.3) is 0 Å². The monoisotopic (exact) mass is 410 g/mol. The molecule has 0 saturated carbocycles. The zero-order valence-corrected chi connectivity index (χ0v) is 16.8. The molecule has 2 heterocycles. The SMILES string of the molecule is N#CC1=C(N)N(c2ccccc2)C(=S)C(C(=O)c2cccnc2)C1c1ccccc1. The maximum absolute atomic E-state index is 13.6. The molecule has 0 bridgehead atoms. The van der Waals surface area contributed by atoms with Crippen molar-refractivity contribution in [2.24, 2.45) is 11.7 Å². The fourth-order valence-electron chi connectivity index (χ4n) is 3.79. The molecule has 1 aliphatic heterocycles. The number of nitrogens with zero attached hydrogens (tertiary/aromatic N) is 3. The molecule has 6 heteroatoms. The fraction of sp³-hybridized carbons (Fsp3) is 0.0833. The summed E-state index contributed by atoms with van der Waals surface area (Å²) in [6.07, 6.45) is 3.13. The minimum absolute atomic E-state index is 0.192. The first kappa shape index (κ1) is 19.5. The van der Waals surface area contributed by atoms with Gasteiger partial charge in [-0.1, -0.05) is 60.7 Å². The molecule has 5 nitrogen and oxygen atoms in total. The second kappa shape index (κ2) is 8.27. The van der Waals surface area contributed by atoms with Crippen LogP contribution in [-0.2, 0) is 0 Å². The predicted molar refractivity (Wildman–Crippen MR) is 120 cm³/mol. The molecule has 0 spiro atoms. The van der Waals surface area contributed by atoms with Crippen molar-refractivity contribution in [2.45, 2.75) is 5.92 Å². The fourth-order valence-corrected chi connectivity index (χ4v) is 4.23. The molecule has 1 aliphatic rings. The van der Waals surface area contributed by atoms with E-state index in [0.717, 1.165) is 5.56 Å². The Hall–Kier alpha value is -3.82. The molecule has 0 aliphatic carbocycles. The number of hydrogen-bond acceptors (Lipinski definition) is 5. The van der Waals surface area contributed by atoms with Crippen LogP contribution in [-0.4, -0.2) is 15.8 Å². The van der Waals surface area contributed by atoms with Crippen LogP contribution in [0.3, 0.4) is 0 Å². The van der Waals surface area contributed by atoms with Gasteiger partial charge in [0.1, 0.15) is 10.8 Å². The van der Waals surface area contributed by atoms with Gasteiger partial charge in [-0.2, -0.15) is 5.26 Å². The molecule has 146 valence electrons. The first-order valence-corrected chi connectivity index (χ1v) is 9.82. The first-order chi connectivity index (χ1) is 14.6. The highest BCUT2D eigenvalue weighted by molar-refractivity contribution is 7.80. The Labute approximate surface area is 180 Å². The van der Waals surface area contributed by atoms with Gasteiger partial charge in [0.05, 0.1) is 17.6 Å². The number of anilines is 1. The van der Waals surface area contributed by atoms with Gasteiger partial charge in [-0.3, -0.25) is 14.7 Å². The van der Waals surface area contributed by atoms with Crippen molar-refractivity contribution in [3.8, 4) is 6.07 Å². The lowest BCUT2D eigenvalue weighted by Gasteiger charge is -2.39. The highest BCUT2D eigenvalue weighted by atomic mass is 32.1. The summed E-state index contributed by atoms with van der Waals surface area (Å²) in [5, 5.41) is 10.0. The molecular formula is C24H18N4OS. The summed E-state index contributed by atoms with van der Waals surface area (Å²) >= 11 is 5.82. The summed E-state index contributed by atoms with van der Waals surface area (Å²) in [6.45, 7) is 0. The lowest BCUT2D eigenvalue weighted by atomic mass is 9.74. The normalized spacial score (nSPS) is 18.8. The molecule has 4 rings (SSSR count). The van der Waals surface area contributed by atoms with Crippen molar-refractivity contribution >= 4 is 28.7 Å². The van der Waals surface area contributed by atoms with Gasteiger partial charge in [0.15, 0.2) is 5.78 Å². The highest BCUT2D eigenvalue weighted by Gasteiger charge is 2.44. The van der Waals surface area contributed by atoms with Crippen LogP contribution < -0.4 is 10.6 Å². The van der Waals surface area contributed by atoms with E-state index < -0.39 is 11.8 Å². The van der Waals surface area contributed by atoms with Gasteiger partial charge >= 0.3 is 0 Å². The quantitative estimate of drug-likeness (QED) is 0.513. The van der Waals surface area contributed by atoms with Crippen LogP contribution in [0.15, 0.2) is 96.6 Å². The summed E-state index contributed by atoms with van der Waals surface area (Å²) in [6, 6.07) is 24.4. The zero-order valence-electron chi connectivity index (χ0n) is 16.0. The van der Waals surface area contributed by atoms with E-state index in [1.807, 2.05) is 60.7 Å². The van der Waals surface area contributed by atoms with Crippen molar-refractivity contribution in [1.82, 2.24) is 4.98 Å². The van der Waals surface area contributed by atoms with E-state index in [1.165, 1.54) is 6.20 Å². The Morgan fingerprint density at radius 3 is 2.30 bits per heavy atom. The zero-order chi connectivity index (χ0) is 21.1. The maximum Gasteiger partial charge on any atom is 0.175 e. The number of nitrogens with two attached hydrogens (primary N) is 1. The molecule has 0 radical (unpaired) electrons. The number of ketones is 1. The summed E-state index contributed by atoms with van der Waals surface area (Å²) in [5.41, 5.74) is 8.74. The van der Waals surface area contributed by atoms with Crippen molar-refractivity contribution in [3.63, 3.8) is 0 Å². The first-order valence-electron chi connectivity index (χ1n) is 9.41. The summed E-state index contributed by atoms with van der Waals surface area (Å²) in [4.78, 5) is 19.7. The Balaban J connectivity index is 1.94. The lowest BCUT2D eigenvalue weighted by molar-refractivity contribution is 0.0945. The van der Waals surface area contributed by atoms with Gasteiger partial charge in [-0.15, -0.1) is 0 Å². The van der Waals surface area contributed by atoms with Crippen LogP contribution in [0.5, 0.6) is 0 Å². The Morgan fingerprint density at radius 2 is 1.70 bits per heavy atom. The third-order valence-electron chi connectivity index (χ3n) is 5.17. The largest absolute Gasteiger partial charge is 0.384 e. The summed E-state index contributed by atoms with van der Waals surface area (Å²) in [5.74, 6) is -1.29. The van der Waals surface area contributed by atoms with E-state index in [1.54, 1.807) is 23.2 Å². The molecule has 2 atom stereocenters. The van der Waals surface area contributed by atoms with E-state index in [4.69, 9.17) is 18.0 Å². The molecular weight excluding hydrogens is 392 g/mol. The average molecular weight is 411 g/mol. The molecule has 2 unspecified atom stereocenters. The molecule has 30 heavy (non-hydrogen) atoms. The number of Topliss-reactive ketones (excluding diaryl/α,β-unsaturated/α-hetero) is 1. The topological polar surface area (TPSA) is 83.0 Å². The molecule has 2 aromatic carbocycles. The van der Waals surface area contributed by atoms with E-state index in [0.29, 0.717) is 21.8 Å². The number of benzene rings is 2. The van der Waals surface area contributed by atoms with Gasteiger partial charge in [0.2, 0.25) is 0 Å². The Morgan fingerprint density at radius 1 is 1.03 bits per heavy atom. The molecule has 3 aromatic rings. The maximum atomic E-state index is 13.6. The van der Waals surface area contributed by atoms with Gasteiger partial charge in [0, 0.05) is 29.6 Å². The second-order valence-electron chi connectivity index (χ2n) is 6.89. The Bertz CT molecular complexity index is 1150. The van der Waals surface area contributed by atoms with Gasteiger partial charge in [-0.05, 0) is 29.8 Å². The number of hydrogen-bond donors (Lipinski definition) is 1. The number of thiocarbonyl (C=S) groups is 1. The molecule has 0 amide bonds. The van der Waals surface area contributed by atoms with Crippen LogP contribution in [0.2, 0.25) is 0 Å². The number of para-hydroxylation sites is 1. The minimum atomic E-state index is -0.770. The third-order valence-corrected chi connectivity index (χ3v) is 5.61. The number of rotatable bonds is 4. The number of allylic oxidation sites excluding steroid dienone is 1. The van der Waals surface area contributed by atoms with Crippen molar-refractivity contribution in [2.75, 3.05) is 4.90 Å². The predicted octanol–water partition coefficient (Wildman–Crippen LogP) is 4.21. The van der Waals surface area contributed by atoms with Crippen molar-refractivity contribution in [1.29, 1.82) is 5.26 Å². The van der Waals surface area contributed by atoms with Crippen molar-refractivity contribution in [3.05, 3.63) is 108 Å². The molecule has 2 N–H and O–H groups in total. The standard InChI is InChI=1S/C24H18N4OS/c25-14-19-20(16-8-3-1-4-9-16)21(22(29)17-10-7-13-27-15-17)24(30)28(23(19)26)18-11-5-2-6-12-18/h1-13,15,20-21H,26H2. The average Bonchev–Trinajstić information content (AvgIpc) is 2.80. The summed E-state index contributed by atoms with van der Waals surface area (Å²) in [7, 11) is 0. The third kappa shape index (κ3) is 3.36. The van der Waals surface area contributed by atoms with E-state index >= 15 is 0 Å². The van der Waals surface area contributed by atoms with E-state index in [9.17, 15) is 10.1 Å². The van der Waals surface area contributed by atoms with Gasteiger partial charge in [0.25, 0.3) is 0 Å². The minimum Gasteiger partial charge on any atom is -0.384 e. The molecule has 1 aromatic heterocycles. The molecule has 0 saturated heterocycles. The number of aromatic nitrogens is 1. The number of nitriles is 1. The smallest absolute Gasteiger partial charge is 0.175 e.